The Bertz CT molecular complexity index is 840. The van der Waals surface area contributed by atoms with Crippen molar-refractivity contribution in [1.82, 2.24) is 5.32 Å². The predicted octanol–water partition coefficient (Wildman–Crippen LogP) is 13.7. The maximum atomic E-state index is 12.7. The summed E-state index contributed by atoms with van der Waals surface area (Å²) in [6, 6.07) is 0.872. The number of rotatable bonds is 53. The first kappa shape index (κ1) is 60.9. The van der Waals surface area contributed by atoms with Crippen LogP contribution in [-0.2, 0) is 37.0 Å². The third-order valence-electron chi connectivity index (χ3n) is 11.3. The molecule has 0 heterocycles. The van der Waals surface area contributed by atoms with Crippen molar-refractivity contribution in [3.8, 4) is 0 Å². The Kier molecular flexibility index (Phi) is 50.8. The quantitative estimate of drug-likeness (QED) is 0.0470. The highest BCUT2D eigenvalue weighted by molar-refractivity contribution is 8.13. The highest BCUT2D eigenvalue weighted by Crippen LogP contribution is 2.23. The Morgan fingerprint density at radius 1 is 0.443 bits per heavy atom. The van der Waals surface area contributed by atoms with E-state index in [4.69, 9.17) is 32.2 Å². The predicted molar refractivity (Wildman–Crippen MR) is 263 cm³/mol. The maximum Gasteiger partial charge on any atom is 0.501 e. The number of carbonyl (C=O) groups is 1. The van der Waals surface area contributed by atoms with Gasteiger partial charge in [-0.1, -0.05) is 194 Å². The Labute approximate surface area is 384 Å². The van der Waals surface area contributed by atoms with Crippen LogP contribution in [0.15, 0.2) is 0 Å². The van der Waals surface area contributed by atoms with E-state index in [1.807, 2.05) is 7.05 Å². The van der Waals surface area contributed by atoms with E-state index >= 15 is 0 Å². The van der Waals surface area contributed by atoms with Crippen LogP contribution in [0.25, 0.3) is 0 Å². The molecular weight excluding hydrogens is 803 g/mol. The molecule has 0 spiro atoms. The van der Waals surface area contributed by atoms with Crippen molar-refractivity contribution < 1.29 is 37.0 Å². The van der Waals surface area contributed by atoms with Gasteiger partial charge >= 0.3 is 8.80 Å². The number of ether oxygens (including phenoxy) is 4. The molecule has 0 bridgehead atoms. The van der Waals surface area contributed by atoms with Crippen LogP contribution in [0.3, 0.4) is 0 Å². The van der Waals surface area contributed by atoms with E-state index in [1.165, 1.54) is 147 Å². The van der Waals surface area contributed by atoms with Gasteiger partial charge in [-0.25, -0.2) is 0 Å². The zero-order chi connectivity index (χ0) is 44.4. The number of likely N-dealkylation sites (N-methyl/N-ethyl adjacent to an activating group) is 1. The summed E-state index contributed by atoms with van der Waals surface area (Å²) in [5.41, 5.74) is 0. The topological polar surface area (TPSA) is 93.7 Å². The molecule has 61 heavy (non-hydrogen) atoms. The first-order chi connectivity index (χ1) is 30.1. The molecule has 1 N–H and O–H groups in total. The van der Waals surface area contributed by atoms with E-state index in [2.05, 4.69) is 33.0 Å². The standard InChI is InChI=1S/C50H103NO8SSi/c1-6-10-14-16-17-18-19-20-21-22-23-24-25-26-27-28-30-31-34-49(51-5)48-59-61(57-44-42-55-40-38-53-36-12-8-3,58-45-43-56-41-39-54-37-13-9-4)47-33-46-60-50(52)35-32-29-15-11-7-2/h49,51H,6-48H2,1-5H3. The molecule has 0 aliphatic rings. The van der Waals surface area contributed by atoms with Gasteiger partial charge in [0.2, 0.25) is 0 Å². The van der Waals surface area contributed by atoms with E-state index in [-0.39, 0.29) is 11.2 Å². The lowest BCUT2D eigenvalue weighted by Crippen LogP contribution is -2.50. The van der Waals surface area contributed by atoms with Gasteiger partial charge < -0.3 is 37.5 Å². The molecule has 0 aromatic heterocycles. The summed E-state index contributed by atoms with van der Waals surface area (Å²) in [4.78, 5) is 12.7. The van der Waals surface area contributed by atoms with Crippen molar-refractivity contribution in [3.63, 3.8) is 0 Å². The van der Waals surface area contributed by atoms with Crippen LogP contribution in [0.4, 0.5) is 0 Å². The van der Waals surface area contributed by atoms with Gasteiger partial charge in [-0.05, 0) is 39.2 Å². The van der Waals surface area contributed by atoms with Crippen molar-refractivity contribution in [3.05, 3.63) is 0 Å². The van der Waals surface area contributed by atoms with Gasteiger partial charge in [0, 0.05) is 37.5 Å². The minimum Gasteiger partial charge on any atom is -0.379 e. The molecule has 0 amide bonds. The molecule has 0 fully saturated rings. The summed E-state index contributed by atoms with van der Waals surface area (Å²) in [6.45, 7) is 14.8. The average Bonchev–Trinajstić information content (AvgIpc) is 3.27. The van der Waals surface area contributed by atoms with Gasteiger partial charge in [0.05, 0.1) is 59.5 Å². The van der Waals surface area contributed by atoms with E-state index in [1.54, 1.807) is 0 Å². The second-order valence-electron chi connectivity index (χ2n) is 17.1. The van der Waals surface area contributed by atoms with E-state index in [0.29, 0.717) is 71.9 Å². The largest absolute Gasteiger partial charge is 0.501 e. The Balaban J connectivity index is 4.95. The molecule has 0 radical (unpaired) electrons. The number of nitrogens with one attached hydrogen (secondary N) is 1. The molecular formula is C50H103NO8SSi. The van der Waals surface area contributed by atoms with Crippen LogP contribution in [-0.4, -0.2) is 105 Å². The van der Waals surface area contributed by atoms with Crippen molar-refractivity contribution in [1.29, 1.82) is 0 Å². The van der Waals surface area contributed by atoms with E-state index < -0.39 is 8.80 Å². The normalized spacial score (nSPS) is 12.5. The van der Waals surface area contributed by atoms with E-state index in [9.17, 15) is 4.79 Å². The summed E-state index contributed by atoms with van der Waals surface area (Å²) >= 11 is 1.45. The summed E-state index contributed by atoms with van der Waals surface area (Å²) in [6.07, 6.45) is 37.6. The van der Waals surface area contributed by atoms with Crippen LogP contribution in [0.5, 0.6) is 0 Å². The zero-order valence-corrected chi connectivity index (χ0v) is 43.0. The minimum atomic E-state index is -3.14. The third kappa shape index (κ3) is 44.9. The number of unbranched alkanes of at least 4 members (excludes halogenated alkanes) is 23. The lowest BCUT2D eigenvalue weighted by molar-refractivity contribution is -0.111. The molecule has 9 nitrogen and oxygen atoms in total. The molecule has 0 aliphatic carbocycles. The maximum absolute atomic E-state index is 12.7. The fourth-order valence-electron chi connectivity index (χ4n) is 7.24. The second kappa shape index (κ2) is 50.9. The summed E-state index contributed by atoms with van der Waals surface area (Å²) in [5, 5.41) is 3.80. The van der Waals surface area contributed by atoms with Crippen LogP contribution < -0.4 is 5.32 Å². The van der Waals surface area contributed by atoms with Gasteiger partial charge in [-0.3, -0.25) is 4.79 Å². The number of hydrogen-bond acceptors (Lipinski definition) is 10. The summed E-state index contributed by atoms with van der Waals surface area (Å²) < 4.78 is 43.1. The molecule has 1 atom stereocenters. The van der Waals surface area contributed by atoms with Crippen molar-refractivity contribution in [2.24, 2.45) is 0 Å². The monoisotopic (exact) mass is 906 g/mol. The lowest BCUT2D eigenvalue weighted by atomic mass is 10.0. The molecule has 0 aliphatic heterocycles. The SMILES string of the molecule is CCCCCCCCCCCCCCCCCCCCC(CO[Si](CCCSC(=O)CCCCCCC)(OCCOCCOCCCC)OCCOCCOCCCC)NC. The summed E-state index contributed by atoms with van der Waals surface area (Å²) in [7, 11) is -1.11. The summed E-state index contributed by atoms with van der Waals surface area (Å²) in [5.74, 6) is 0.741. The van der Waals surface area contributed by atoms with Gasteiger partial charge in [-0.2, -0.15) is 0 Å². The first-order valence-electron chi connectivity index (χ1n) is 26.1. The first-order valence-corrected chi connectivity index (χ1v) is 29.0. The van der Waals surface area contributed by atoms with Crippen LogP contribution in [0.2, 0.25) is 6.04 Å². The van der Waals surface area contributed by atoms with E-state index in [0.717, 1.165) is 70.3 Å². The Hall–Kier alpha value is -0.0831. The molecule has 0 aromatic carbocycles. The van der Waals surface area contributed by atoms with Crippen LogP contribution >= 0.6 is 11.8 Å². The fraction of sp³-hybridized carbons (Fsp3) is 0.980. The zero-order valence-electron chi connectivity index (χ0n) is 41.2. The van der Waals surface area contributed by atoms with Gasteiger partial charge in [-0.15, -0.1) is 0 Å². The molecule has 0 rings (SSSR count). The highest BCUT2D eigenvalue weighted by atomic mass is 32.2. The van der Waals surface area contributed by atoms with Crippen LogP contribution in [0, 0.1) is 0 Å². The van der Waals surface area contributed by atoms with Crippen molar-refractivity contribution in [2.45, 2.75) is 232 Å². The number of thioether (sulfide) groups is 1. The number of hydrogen-bond donors (Lipinski definition) is 1. The van der Waals surface area contributed by atoms with Crippen molar-refractivity contribution in [2.75, 3.05) is 85.5 Å². The smallest absolute Gasteiger partial charge is 0.379 e. The molecule has 0 saturated heterocycles. The lowest BCUT2D eigenvalue weighted by Gasteiger charge is -2.31. The molecule has 1 unspecified atom stereocenters. The minimum absolute atomic E-state index is 0.219. The average molecular weight is 907 g/mol. The third-order valence-corrected chi connectivity index (χ3v) is 15.2. The van der Waals surface area contributed by atoms with Gasteiger partial charge in [0.15, 0.2) is 5.12 Å². The Morgan fingerprint density at radius 3 is 1.25 bits per heavy atom. The molecule has 0 aromatic rings. The van der Waals surface area contributed by atoms with Gasteiger partial charge in [0.1, 0.15) is 0 Å². The van der Waals surface area contributed by atoms with Crippen LogP contribution in [0.1, 0.15) is 220 Å². The van der Waals surface area contributed by atoms with Gasteiger partial charge in [0.25, 0.3) is 0 Å². The molecule has 11 heteroatoms. The number of carbonyl (C=O) groups excluding carboxylic acids is 1. The van der Waals surface area contributed by atoms with Crippen molar-refractivity contribution >= 4 is 25.7 Å². The fourth-order valence-corrected chi connectivity index (χ4v) is 10.8. The molecule has 0 saturated carbocycles. The Morgan fingerprint density at radius 2 is 0.820 bits per heavy atom. The second-order valence-corrected chi connectivity index (χ2v) is 21.0. The molecule has 366 valence electrons. The highest BCUT2D eigenvalue weighted by Gasteiger charge is 2.41.